The summed E-state index contributed by atoms with van der Waals surface area (Å²) in [5.41, 5.74) is 3.25. The van der Waals surface area contributed by atoms with Gasteiger partial charge in [0.2, 0.25) is 5.91 Å². The molecule has 1 heterocycles. The number of carbonyl (C=O) groups is 2. The van der Waals surface area contributed by atoms with Crippen molar-refractivity contribution in [3.63, 3.8) is 0 Å². The smallest absolute Gasteiger partial charge is 0.335 e. The monoisotopic (exact) mass is 292 g/mol. The Morgan fingerprint density at radius 2 is 1.95 bits per heavy atom. The van der Waals surface area contributed by atoms with Gasteiger partial charge in [0.05, 0.1) is 31.4 Å². The van der Waals surface area contributed by atoms with Crippen LogP contribution in [-0.2, 0) is 14.3 Å². The fourth-order valence-corrected chi connectivity index (χ4v) is 1.88. The van der Waals surface area contributed by atoms with E-state index >= 15 is 0 Å². The molecule has 1 aromatic carbocycles. The van der Waals surface area contributed by atoms with E-state index in [0.29, 0.717) is 18.8 Å². The number of carbonyl (C=O) groups excluding carboxylic acids is 1. The fraction of sp³-hybridized carbons (Fsp3) is 0.357. The molecular formula is C14H16N2O5. The van der Waals surface area contributed by atoms with Gasteiger partial charge in [0.25, 0.3) is 0 Å². The standard InChI is InChI=1S/C14H16N2O5/c1-14(20-6-7-21-14)8-12(17)16-15-9-10-2-4-11(5-3-10)13(18)19/h2-5,9H,6-8H2,1H3,(H,16,17)(H,18,19)/b15-9+. The van der Waals surface area contributed by atoms with Gasteiger partial charge in [-0.15, -0.1) is 0 Å². The largest absolute Gasteiger partial charge is 0.478 e. The minimum Gasteiger partial charge on any atom is -0.478 e. The maximum absolute atomic E-state index is 11.7. The van der Waals surface area contributed by atoms with Crippen molar-refractivity contribution in [2.24, 2.45) is 5.10 Å². The van der Waals surface area contributed by atoms with Gasteiger partial charge in [-0.2, -0.15) is 5.10 Å². The number of amides is 1. The molecule has 112 valence electrons. The first-order chi connectivity index (χ1) is 9.98. The lowest BCUT2D eigenvalue weighted by Gasteiger charge is -2.20. The van der Waals surface area contributed by atoms with Gasteiger partial charge in [-0.1, -0.05) is 12.1 Å². The zero-order chi connectivity index (χ0) is 15.3. The average molecular weight is 292 g/mol. The second-order valence-electron chi connectivity index (χ2n) is 4.73. The molecule has 7 nitrogen and oxygen atoms in total. The molecule has 0 unspecified atom stereocenters. The zero-order valence-electron chi connectivity index (χ0n) is 11.5. The van der Waals surface area contributed by atoms with E-state index in [4.69, 9.17) is 14.6 Å². The number of carboxylic acids is 1. The summed E-state index contributed by atoms with van der Waals surface area (Å²) in [7, 11) is 0. The predicted octanol–water partition coefficient (Wildman–Crippen LogP) is 0.988. The van der Waals surface area contributed by atoms with Gasteiger partial charge in [0, 0.05) is 0 Å². The lowest BCUT2D eigenvalue weighted by atomic mass is 10.1. The van der Waals surface area contributed by atoms with Crippen LogP contribution in [0.4, 0.5) is 0 Å². The number of ether oxygens (including phenoxy) is 2. The van der Waals surface area contributed by atoms with E-state index in [1.807, 2.05) is 0 Å². The van der Waals surface area contributed by atoms with E-state index in [1.165, 1.54) is 18.3 Å². The molecule has 0 bridgehead atoms. The molecule has 0 saturated carbocycles. The highest BCUT2D eigenvalue weighted by Gasteiger charge is 2.33. The Bertz CT molecular complexity index is 547. The van der Waals surface area contributed by atoms with Crippen molar-refractivity contribution in [1.82, 2.24) is 5.43 Å². The lowest BCUT2D eigenvalue weighted by molar-refractivity contribution is -0.159. The molecular weight excluding hydrogens is 276 g/mol. The quantitative estimate of drug-likeness (QED) is 0.623. The minimum absolute atomic E-state index is 0.0578. The average Bonchev–Trinajstić information content (AvgIpc) is 2.85. The number of aromatic carboxylic acids is 1. The van der Waals surface area contributed by atoms with Crippen molar-refractivity contribution in [2.45, 2.75) is 19.1 Å². The van der Waals surface area contributed by atoms with Gasteiger partial charge >= 0.3 is 5.97 Å². The predicted molar refractivity (Wildman–Crippen MR) is 74.1 cm³/mol. The molecule has 1 fully saturated rings. The molecule has 1 aliphatic rings. The molecule has 0 radical (unpaired) electrons. The Hall–Kier alpha value is -2.25. The maximum Gasteiger partial charge on any atom is 0.335 e. The van der Waals surface area contributed by atoms with Gasteiger partial charge in [-0.3, -0.25) is 4.79 Å². The highest BCUT2D eigenvalue weighted by atomic mass is 16.7. The highest BCUT2D eigenvalue weighted by molar-refractivity contribution is 5.89. The summed E-state index contributed by atoms with van der Waals surface area (Å²) in [5, 5.41) is 12.6. The lowest BCUT2D eigenvalue weighted by Crippen LogP contribution is -2.33. The van der Waals surface area contributed by atoms with Crippen molar-refractivity contribution in [1.29, 1.82) is 0 Å². The molecule has 0 aliphatic carbocycles. The van der Waals surface area contributed by atoms with Crippen LogP contribution in [0, 0.1) is 0 Å². The van der Waals surface area contributed by atoms with E-state index in [1.54, 1.807) is 19.1 Å². The molecule has 0 aromatic heterocycles. The highest BCUT2D eigenvalue weighted by Crippen LogP contribution is 2.22. The Morgan fingerprint density at radius 3 is 2.52 bits per heavy atom. The Kier molecular flexibility index (Phi) is 4.66. The third-order valence-electron chi connectivity index (χ3n) is 2.94. The summed E-state index contributed by atoms with van der Waals surface area (Å²) in [5.74, 6) is -2.20. The van der Waals surface area contributed by atoms with Crippen LogP contribution in [0.15, 0.2) is 29.4 Å². The van der Waals surface area contributed by atoms with Gasteiger partial charge in [0.15, 0.2) is 5.79 Å². The number of hydrogen-bond acceptors (Lipinski definition) is 5. The maximum atomic E-state index is 11.7. The number of benzene rings is 1. The first-order valence-electron chi connectivity index (χ1n) is 6.42. The number of rotatable bonds is 5. The van der Waals surface area contributed by atoms with E-state index < -0.39 is 11.8 Å². The number of nitrogens with zero attached hydrogens (tertiary/aromatic N) is 1. The van der Waals surface area contributed by atoms with Crippen molar-refractivity contribution in [3.8, 4) is 0 Å². The molecule has 7 heteroatoms. The summed E-state index contributed by atoms with van der Waals surface area (Å²) >= 11 is 0. The van der Waals surface area contributed by atoms with Gasteiger partial charge in [0.1, 0.15) is 0 Å². The number of carboxylic acid groups (broad SMARTS) is 1. The van der Waals surface area contributed by atoms with Crippen LogP contribution in [-0.4, -0.2) is 42.2 Å². The van der Waals surface area contributed by atoms with E-state index in [2.05, 4.69) is 10.5 Å². The molecule has 21 heavy (non-hydrogen) atoms. The van der Waals surface area contributed by atoms with E-state index in [0.717, 1.165) is 0 Å². The van der Waals surface area contributed by atoms with Crippen molar-refractivity contribution in [2.75, 3.05) is 13.2 Å². The van der Waals surface area contributed by atoms with Crippen molar-refractivity contribution < 1.29 is 24.2 Å². The van der Waals surface area contributed by atoms with Gasteiger partial charge in [-0.05, 0) is 24.6 Å². The summed E-state index contributed by atoms with van der Waals surface area (Å²) in [6.07, 6.45) is 1.49. The summed E-state index contributed by atoms with van der Waals surface area (Å²) in [6, 6.07) is 6.13. The Morgan fingerprint density at radius 1 is 1.33 bits per heavy atom. The first-order valence-corrected chi connectivity index (χ1v) is 6.42. The second-order valence-corrected chi connectivity index (χ2v) is 4.73. The third kappa shape index (κ3) is 4.37. The first kappa shape index (κ1) is 15.1. The number of hydrogen-bond donors (Lipinski definition) is 2. The van der Waals surface area contributed by atoms with Crippen LogP contribution in [0.25, 0.3) is 0 Å². The Labute approximate surface area is 121 Å². The van der Waals surface area contributed by atoms with Crippen molar-refractivity contribution in [3.05, 3.63) is 35.4 Å². The van der Waals surface area contributed by atoms with Crippen LogP contribution in [0.3, 0.4) is 0 Å². The SMILES string of the molecule is CC1(CC(=O)N/N=C/c2ccc(C(=O)O)cc2)OCCO1. The van der Waals surface area contributed by atoms with E-state index in [9.17, 15) is 9.59 Å². The van der Waals surface area contributed by atoms with Crippen LogP contribution in [0.5, 0.6) is 0 Å². The molecule has 0 atom stereocenters. The fourth-order valence-electron chi connectivity index (χ4n) is 1.88. The molecule has 2 N–H and O–H groups in total. The van der Waals surface area contributed by atoms with Crippen LogP contribution >= 0.6 is 0 Å². The van der Waals surface area contributed by atoms with Crippen molar-refractivity contribution >= 4 is 18.1 Å². The normalized spacial score (nSPS) is 17.0. The number of nitrogens with one attached hydrogen (secondary N) is 1. The summed E-state index contributed by atoms with van der Waals surface area (Å²) in [6.45, 7) is 2.65. The minimum atomic E-state index is -0.989. The molecule has 1 aliphatic heterocycles. The summed E-state index contributed by atoms with van der Waals surface area (Å²) < 4.78 is 10.6. The van der Waals surface area contributed by atoms with Crippen LogP contribution < -0.4 is 5.43 Å². The summed E-state index contributed by atoms with van der Waals surface area (Å²) in [4.78, 5) is 22.4. The molecule has 1 saturated heterocycles. The number of hydrazone groups is 1. The van der Waals surface area contributed by atoms with Gasteiger partial charge < -0.3 is 14.6 Å². The molecule has 1 amide bonds. The topological polar surface area (TPSA) is 97.2 Å². The molecule has 2 rings (SSSR count). The van der Waals surface area contributed by atoms with E-state index in [-0.39, 0.29) is 17.9 Å². The second kappa shape index (κ2) is 6.47. The van der Waals surface area contributed by atoms with Crippen LogP contribution in [0.1, 0.15) is 29.3 Å². The van der Waals surface area contributed by atoms with Gasteiger partial charge in [-0.25, -0.2) is 10.2 Å². The molecule has 1 aromatic rings. The molecule has 0 spiro atoms. The van der Waals surface area contributed by atoms with Crippen LogP contribution in [0.2, 0.25) is 0 Å². The Balaban J connectivity index is 1.84. The zero-order valence-corrected chi connectivity index (χ0v) is 11.5. The third-order valence-corrected chi connectivity index (χ3v) is 2.94.